The van der Waals surface area contributed by atoms with E-state index in [1.165, 1.54) is 19.9 Å². The van der Waals surface area contributed by atoms with E-state index in [0.29, 0.717) is 6.42 Å². The number of rotatable bonds is 5. The van der Waals surface area contributed by atoms with E-state index in [9.17, 15) is 19.7 Å². The second kappa shape index (κ2) is 6.12. The minimum Gasteiger partial charge on any atom is -0.464 e. The van der Waals surface area contributed by atoms with E-state index in [0.717, 1.165) is 10.8 Å². The van der Waals surface area contributed by atoms with Crippen LogP contribution in [0.4, 0.5) is 5.69 Å². The van der Waals surface area contributed by atoms with E-state index in [2.05, 4.69) is 0 Å². The van der Waals surface area contributed by atoms with Gasteiger partial charge in [0.2, 0.25) is 0 Å². The van der Waals surface area contributed by atoms with Crippen LogP contribution in [-0.4, -0.2) is 22.1 Å². The third-order valence-electron chi connectivity index (χ3n) is 2.63. The first-order chi connectivity index (χ1) is 8.88. The van der Waals surface area contributed by atoms with Gasteiger partial charge in [0.15, 0.2) is 0 Å². The fourth-order valence-corrected chi connectivity index (χ4v) is 1.55. The lowest BCUT2D eigenvalue weighted by atomic mass is 10.2. The molecule has 1 heterocycles. The number of aryl methyl sites for hydroxylation is 1. The Morgan fingerprint density at radius 3 is 2.74 bits per heavy atom. The summed E-state index contributed by atoms with van der Waals surface area (Å²) in [5.41, 5.74) is -0.455. The van der Waals surface area contributed by atoms with Crippen LogP contribution in [0.3, 0.4) is 0 Å². The van der Waals surface area contributed by atoms with E-state index < -0.39 is 22.5 Å². The van der Waals surface area contributed by atoms with Crippen LogP contribution < -0.4 is 5.56 Å². The number of aromatic nitrogens is 1. The van der Waals surface area contributed by atoms with Gasteiger partial charge in [-0.1, -0.05) is 6.92 Å². The summed E-state index contributed by atoms with van der Waals surface area (Å²) in [5, 5.41) is 10.8. The summed E-state index contributed by atoms with van der Waals surface area (Å²) in [6.07, 6.45) is 1.73. The predicted molar refractivity (Wildman–Crippen MR) is 68.1 cm³/mol. The van der Waals surface area contributed by atoms with Crippen LogP contribution in [0.15, 0.2) is 17.1 Å². The number of hydrogen-bond donors (Lipinski definition) is 0. The Balaban J connectivity index is 3.15. The van der Waals surface area contributed by atoms with Gasteiger partial charge in [-0.25, -0.2) is 4.79 Å². The van der Waals surface area contributed by atoms with E-state index in [4.69, 9.17) is 4.74 Å². The SMILES string of the molecule is CCCOC(=O)C(C)n1cc([N+](=O)[O-])cc(C)c1=O. The van der Waals surface area contributed by atoms with Gasteiger partial charge in [-0.3, -0.25) is 19.5 Å². The van der Waals surface area contributed by atoms with Crippen LogP contribution in [0.1, 0.15) is 31.9 Å². The zero-order chi connectivity index (χ0) is 14.6. The Labute approximate surface area is 110 Å². The summed E-state index contributed by atoms with van der Waals surface area (Å²) < 4.78 is 5.97. The largest absolute Gasteiger partial charge is 0.464 e. The van der Waals surface area contributed by atoms with Crippen LogP contribution >= 0.6 is 0 Å². The maximum Gasteiger partial charge on any atom is 0.328 e. The minimum atomic E-state index is -0.891. The molecule has 1 rings (SSSR count). The molecule has 1 aromatic heterocycles. The zero-order valence-corrected chi connectivity index (χ0v) is 11.1. The molecule has 1 unspecified atom stereocenters. The molecule has 7 nitrogen and oxygen atoms in total. The molecule has 1 aromatic rings. The molecule has 0 fully saturated rings. The van der Waals surface area contributed by atoms with Crippen molar-refractivity contribution in [2.45, 2.75) is 33.2 Å². The van der Waals surface area contributed by atoms with Crippen LogP contribution in [0.5, 0.6) is 0 Å². The number of esters is 1. The molecule has 104 valence electrons. The molecule has 0 radical (unpaired) electrons. The highest BCUT2D eigenvalue weighted by Gasteiger charge is 2.21. The number of ether oxygens (including phenoxy) is 1. The Morgan fingerprint density at radius 1 is 1.58 bits per heavy atom. The van der Waals surface area contributed by atoms with Crippen LogP contribution in [0.2, 0.25) is 0 Å². The molecule has 0 aliphatic heterocycles. The summed E-state index contributed by atoms with van der Waals surface area (Å²) in [7, 11) is 0. The van der Waals surface area contributed by atoms with Gasteiger partial charge < -0.3 is 4.74 Å². The van der Waals surface area contributed by atoms with Crippen molar-refractivity contribution >= 4 is 11.7 Å². The van der Waals surface area contributed by atoms with E-state index in [1.807, 2.05) is 6.92 Å². The summed E-state index contributed by atoms with van der Waals surface area (Å²) in [6.45, 7) is 5.05. The van der Waals surface area contributed by atoms with Crippen molar-refractivity contribution < 1.29 is 14.5 Å². The maximum absolute atomic E-state index is 11.9. The van der Waals surface area contributed by atoms with E-state index >= 15 is 0 Å². The van der Waals surface area contributed by atoms with Gasteiger partial charge >= 0.3 is 5.97 Å². The molecular formula is C12H16N2O5. The minimum absolute atomic E-state index is 0.212. The second-order valence-electron chi connectivity index (χ2n) is 4.19. The van der Waals surface area contributed by atoms with Gasteiger partial charge in [0, 0.05) is 11.6 Å². The number of nitro groups is 1. The molecule has 19 heavy (non-hydrogen) atoms. The summed E-state index contributed by atoms with van der Waals surface area (Å²) >= 11 is 0. The standard InChI is InChI=1S/C12H16N2O5/c1-4-5-19-12(16)9(3)13-7-10(14(17)18)6-8(2)11(13)15/h6-7,9H,4-5H2,1-3H3. The van der Waals surface area contributed by atoms with Gasteiger partial charge in [-0.05, 0) is 20.3 Å². The Hall–Kier alpha value is -2.18. The topological polar surface area (TPSA) is 91.4 Å². The Bertz CT molecular complexity index is 550. The van der Waals surface area contributed by atoms with Crippen molar-refractivity contribution in [2.75, 3.05) is 6.61 Å². The first-order valence-electron chi connectivity index (χ1n) is 5.92. The number of nitrogens with zero attached hydrogens (tertiary/aromatic N) is 2. The monoisotopic (exact) mass is 268 g/mol. The second-order valence-corrected chi connectivity index (χ2v) is 4.19. The quantitative estimate of drug-likeness (QED) is 0.459. The summed E-state index contributed by atoms with van der Waals surface area (Å²) in [4.78, 5) is 33.7. The lowest BCUT2D eigenvalue weighted by Crippen LogP contribution is -2.30. The first kappa shape index (κ1) is 14.9. The van der Waals surface area contributed by atoms with Crippen molar-refractivity contribution in [1.82, 2.24) is 4.57 Å². The summed E-state index contributed by atoms with van der Waals surface area (Å²) in [6, 6.07) is 0.292. The lowest BCUT2D eigenvalue weighted by molar-refractivity contribution is -0.385. The molecule has 7 heteroatoms. The molecular weight excluding hydrogens is 252 g/mol. The first-order valence-corrected chi connectivity index (χ1v) is 5.92. The average molecular weight is 268 g/mol. The molecule has 0 aliphatic carbocycles. The van der Waals surface area contributed by atoms with Crippen molar-refractivity contribution in [3.63, 3.8) is 0 Å². The highest BCUT2D eigenvalue weighted by Crippen LogP contribution is 2.14. The smallest absolute Gasteiger partial charge is 0.328 e. The van der Waals surface area contributed by atoms with Gasteiger partial charge in [0.25, 0.3) is 11.2 Å². The predicted octanol–water partition coefficient (Wildman–Crippen LogP) is 1.58. The molecule has 0 bridgehead atoms. The number of hydrogen-bond acceptors (Lipinski definition) is 5. The van der Waals surface area contributed by atoms with Crippen LogP contribution in [-0.2, 0) is 9.53 Å². The number of carbonyl (C=O) groups is 1. The third-order valence-corrected chi connectivity index (χ3v) is 2.63. The molecule has 0 aromatic carbocycles. The lowest BCUT2D eigenvalue weighted by Gasteiger charge is -2.14. The van der Waals surface area contributed by atoms with E-state index in [1.54, 1.807) is 0 Å². The van der Waals surface area contributed by atoms with Gasteiger partial charge in [0.05, 0.1) is 17.7 Å². The Morgan fingerprint density at radius 2 is 2.21 bits per heavy atom. The molecule has 0 aliphatic rings. The highest BCUT2D eigenvalue weighted by atomic mass is 16.6. The van der Waals surface area contributed by atoms with Crippen molar-refractivity contribution in [2.24, 2.45) is 0 Å². The average Bonchev–Trinajstić information content (AvgIpc) is 2.37. The van der Waals surface area contributed by atoms with Crippen molar-refractivity contribution in [3.8, 4) is 0 Å². The highest BCUT2D eigenvalue weighted by molar-refractivity contribution is 5.73. The molecule has 0 saturated carbocycles. The molecule has 0 N–H and O–H groups in total. The third kappa shape index (κ3) is 3.40. The van der Waals surface area contributed by atoms with E-state index in [-0.39, 0.29) is 17.9 Å². The molecule has 0 amide bonds. The number of carbonyl (C=O) groups excluding carboxylic acids is 1. The fourth-order valence-electron chi connectivity index (χ4n) is 1.55. The molecule has 0 saturated heterocycles. The van der Waals surface area contributed by atoms with Crippen molar-refractivity contribution in [3.05, 3.63) is 38.3 Å². The fraction of sp³-hybridized carbons (Fsp3) is 0.500. The maximum atomic E-state index is 11.9. The summed E-state index contributed by atoms with van der Waals surface area (Å²) in [5.74, 6) is -0.580. The normalized spacial score (nSPS) is 11.9. The van der Waals surface area contributed by atoms with Gasteiger partial charge in [0.1, 0.15) is 6.04 Å². The molecule has 0 spiro atoms. The van der Waals surface area contributed by atoms with Crippen LogP contribution in [0.25, 0.3) is 0 Å². The number of pyridine rings is 1. The Kier molecular flexibility index (Phi) is 4.80. The zero-order valence-electron chi connectivity index (χ0n) is 11.1. The van der Waals surface area contributed by atoms with Crippen LogP contribution in [0, 0.1) is 17.0 Å². The van der Waals surface area contributed by atoms with Gasteiger partial charge in [-0.15, -0.1) is 0 Å². The van der Waals surface area contributed by atoms with Crippen molar-refractivity contribution in [1.29, 1.82) is 0 Å². The van der Waals surface area contributed by atoms with Gasteiger partial charge in [-0.2, -0.15) is 0 Å². The molecule has 1 atom stereocenters.